The van der Waals surface area contributed by atoms with Gasteiger partial charge in [0.15, 0.2) is 6.61 Å². The van der Waals surface area contributed by atoms with E-state index in [1.165, 1.54) is 0 Å². The Bertz CT molecular complexity index is 372. The van der Waals surface area contributed by atoms with E-state index in [4.69, 9.17) is 9.11 Å². The Kier molecular flexibility index (Phi) is 3.74. The van der Waals surface area contributed by atoms with Gasteiger partial charge >= 0.3 is 26.8 Å². The molecule has 0 radical (unpaired) electrons. The minimum Gasteiger partial charge on any atom is -0.322 e. The largest absolute Gasteiger partial charge is 0.449 e. The molecule has 0 aliphatic rings. The van der Waals surface area contributed by atoms with Crippen LogP contribution in [0.5, 0.6) is 0 Å². The highest BCUT2D eigenvalue weighted by Gasteiger charge is 2.16. The number of carbonyl (C=O) groups excluding carboxylic acids is 1. The van der Waals surface area contributed by atoms with Crippen molar-refractivity contribution in [3.63, 3.8) is 0 Å². The lowest BCUT2D eigenvalue weighted by molar-refractivity contribution is -0.136. The number of hydrogen-bond donors (Lipinski definition) is 2. The van der Waals surface area contributed by atoms with Gasteiger partial charge in [-0.15, -0.1) is 0 Å². The fourth-order valence-electron chi connectivity index (χ4n) is 0.264. The summed E-state index contributed by atoms with van der Waals surface area (Å²) in [5.41, 5.74) is 0. The van der Waals surface area contributed by atoms with Gasteiger partial charge in [-0.25, -0.2) is 8.98 Å². The summed E-state index contributed by atoms with van der Waals surface area (Å²) >= 11 is 0. The lowest BCUT2D eigenvalue weighted by atomic mass is 10.8. The van der Waals surface area contributed by atoms with Gasteiger partial charge in [0.25, 0.3) is 0 Å². The maximum atomic E-state index is 10.2. The van der Waals surface area contributed by atoms with E-state index in [2.05, 4.69) is 8.37 Å². The monoisotopic (exact) mass is 236 g/mol. The first-order valence-corrected chi connectivity index (χ1v) is 5.15. The van der Waals surface area contributed by atoms with Crippen LogP contribution in [0.15, 0.2) is 0 Å². The molecule has 0 aliphatic carbocycles. The smallest absolute Gasteiger partial charge is 0.322 e. The second-order valence-electron chi connectivity index (χ2n) is 1.57. The molecule has 0 heterocycles. The molecular formula is C2H4O9S2. The van der Waals surface area contributed by atoms with E-state index >= 15 is 0 Å². The predicted molar refractivity (Wildman–Crippen MR) is 35.1 cm³/mol. The Morgan fingerprint density at radius 3 is 1.85 bits per heavy atom. The first kappa shape index (κ1) is 12.2. The van der Waals surface area contributed by atoms with E-state index in [0.29, 0.717) is 0 Å². The average molecular weight is 236 g/mol. The molecule has 9 nitrogen and oxygen atoms in total. The molecule has 78 valence electrons. The van der Waals surface area contributed by atoms with Gasteiger partial charge in [0.1, 0.15) is 0 Å². The van der Waals surface area contributed by atoms with E-state index < -0.39 is 33.4 Å². The van der Waals surface area contributed by atoms with Crippen molar-refractivity contribution in [2.75, 3.05) is 6.61 Å². The van der Waals surface area contributed by atoms with Crippen LogP contribution in [0.2, 0.25) is 0 Å². The summed E-state index contributed by atoms with van der Waals surface area (Å²) < 4.78 is 61.7. The van der Waals surface area contributed by atoms with Crippen LogP contribution in [-0.2, 0) is 34.0 Å². The lowest BCUT2D eigenvalue weighted by Gasteiger charge is -1.98. The zero-order valence-electron chi connectivity index (χ0n) is 5.78. The second kappa shape index (κ2) is 3.97. The molecule has 0 aromatic rings. The van der Waals surface area contributed by atoms with Crippen molar-refractivity contribution in [2.45, 2.75) is 0 Å². The molecule has 0 aromatic carbocycles. The highest BCUT2D eigenvalue weighted by molar-refractivity contribution is 7.81. The van der Waals surface area contributed by atoms with Gasteiger partial charge < -0.3 is 4.18 Å². The Morgan fingerprint density at radius 1 is 1.08 bits per heavy atom. The fraction of sp³-hybridized carbons (Fsp3) is 0.500. The molecule has 0 aromatic heterocycles. The van der Waals surface area contributed by atoms with Crippen molar-refractivity contribution in [1.82, 2.24) is 0 Å². The molecule has 0 bridgehead atoms. The normalized spacial score (nSPS) is 12.5. The van der Waals surface area contributed by atoms with Gasteiger partial charge in [-0.1, -0.05) is 0 Å². The zero-order valence-corrected chi connectivity index (χ0v) is 7.41. The third-order valence-corrected chi connectivity index (χ3v) is 1.34. The van der Waals surface area contributed by atoms with E-state index in [1.54, 1.807) is 0 Å². The average Bonchev–Trinajstić information content (AvgIpc) is 1.78. The SMILES string of the molecule is O=C(COS(=O)(=O)O)OS(=O)(=O)O. The molecule has 2 N–H and O–H groups in total. The predicted octanol–water partition coefficient (Wildman–Crippen LogP) is -1.85. The number of carbonyl (C=O) groups is 1. The lowest BCUT2D eigenvalue weighted by Crippen LogP contribution is -2.19. The summed E-state index contributed by atoms with van der Waals surface area (Å²) in [5.74, 6) is -1.69. The molecule has 0 unspecified atom stereocenters. The molecule has 0 aliphatic heterocycles. The second-order valence-corrected chi connectivity index (χ2v) is 3.69. The van der Waals surface area contributed by atoms with Crippen molar-refractivity contribution < 1.29 is 39.1 Å². The first-order valence-electron chi connectivity index (χ1n) is 2.42. The van der Waals surface area contributed by atoms with Crippen LogP contribution in [0, 0.1) is 0 Å². The third-order valence-electron chi connectivity index (χ3n) is 0.524. The Morgan fingerprint density at radius 2 is 1.54 bits per heavy atom. The summed E-state index contributed by atoms with van der Waals surface area (Å²) in [6, 6.07) is 0. The summed E-state index contributed by atoms with van der Waals surface area (Å²) in [4.78, 5) is 10.2. The highest BCUT2D eigenvalue weighted by atomic mass is 32.3. The van der Waals surface area contributed by atoms with Gasteiger partial charge in [0, 0.05) is 0 Å². The maximum absolute atomic E-state index is 10.2. The minimum absolute atomic E-state index is 1.36. The maximum Gasteiger partial charge on any atom is 0.449 e. The topological polar surface area (TPSA) is 144 Å². The van der Waals surface area contributed by atoms with Crippen molar-refractivity contribution >= 4 is 26.8 Å². The quantitative estimate of drug-likeness (QED) is 0.537. The van der Waals surface area contributed by atoms with Gasteiger partial charge in [-0.3, -0.25) is 9.11 Å². The Balaban J connectivity index is 4.07. The van der Waals surface area contributed by atoms with Crippen molar-refractivity contribution in [2.24, 2.45) is 0 Å². The van der Waals surface area contributed by atoms with E-state index in [9.17, 15) is 21.6 Å². The number of rotatable bonds is 4. The standard InChI is InChI=1S/C2H4O9S2/c3-2(11-13(7,8)9)1-10-12(4,5)6/h1H2,(H,4,5,6)(H,7,8,9). The molecule has 0 fully saturated rings. The van der Waals surface area contributed by atoms with Crippen LogP contribution in [0.3, 0.4) is 0 Å². The third kappa shape index (κ3) is 9.16. The molecule has 0 rings (SSSR count). The van der Waals surface area contributed by atoms with Crippen LogP contribution in [-0.4, -0.2) is 38.5 Å². The highest BCUT2D eigenvalue weighted by Crippen LogP contribution is 1.91. The van der Waals surface area contributed by atoms with E-state index in [-0.39, 0.29) is 0 Å². The zero-order chi connectivity index (χ0) is 10.7. The molecule has 0 saturated carbocycles. The fourth-order valence-corrected chi connectivity index (χ4v) is 0.792. The van der Waals surface area contributed by atoms with Crippen LogP contribution in [0.25, 0.3) is 0 Å². The molecule has 0 saturated heterocycles. The van der Waals surface area contributed by atoms with Crippen LogP contribution in [0.1, 0.15) is 0 Å². The summed E-state index contributed by atoms with van der Waals surface area (Å²) in [5, 5.41) is 0. The van der Waals surface area contributed by atoms with Crippen LogP contribution in [0.4, 0.5) is 0 Å². The van der Waals surface area contributed by atoms with Crippen molar-refractivity contribution in [1.29, 1.82) is 0 Å². The van der Waals surface area contributed by atoms with Crippen molar-refractivity contribution in [3.05, 3.63) is 0 Å². The summed E-state index contributed by atoms with van der Waals surface area (Å²) in [6.45, 7) is -1.36. The molecule has 11 heteroatoms. The molecule has 13 heavy (non-hydrogen) atoms. The molecule has 0 amide bonds. The van der Waals surface area contributed by atoms with Gasteiger partial charge in [0.05, 0.1) is 0 Å². The van der Waals surface area contributed by atoms with Crippen molar-refractivity contribution in [3.8, 4) is 0 Å². The van der Waals surface area contributed by atoms with Gasteiger partial charge in [-0.05, 0) is 0 Å². The minimum atomic E-state index is -5.00. The Labute approximate surface area is 73.2 Å². The van der Waals surface area contributed by atoms with Gasteiger partial charge in [-0.2, -0.15) is 16.8 Å². The van der Waals surface area contributed by atoms with E-state index in [1.807, 2.05) is 0 Å². The van der Waals surface area contributed by atoms with Gasteiger partial charge in [0.2, 0.25) is 0 Å². The molecular weight excluding hydrogens is 232 g/mol. The summed E-state index contributed by atoms with van der Waals surface area (Å²) in [7, 11) is -9.85. The number of hydrogen-bond acceptors (Lipinski definition) is 7. The van der Waals surface area contributed by atoms with Crippen LogP contribution < -0.4 is 0 Å². The summed E-state index contributed by atoms with van der Waals surface area (Å²) in [6.07, 6.45) is 0. The molecule has 0 spiro atoms. The van der Waals surface area contributed by atoms with E-state index in [0.717, 1.165) is 0 Å². The molecule has 0 atom stereocenters. The first-order chi connectivity index (χ1) is 5.60. The Hall–Kier alpha value is -0.750. The van der Waals surface area contributed by atoms with Crippen LogP contribution >= 0.6 is 0 Å².